The lowest BCUT2D eigenvalue weighted by molar-refractivity contribution is -0.117. The van der Waals surface area contributed by atoms with Crippen molar-refractivity contribution in [3.8, 4) is 0 Å². The Morgan fingerprint density at radius 3 is 2.94 bits per heavy atom. The van der Waals surface area contributed by atoms with Gasteiger partial charge < -0.3 is 5.73 Å². The van der Waals surface area contributed by atoms with Crippen molar-refractivity contribution >= 4 is 29.3 Å². The number of hydrogen-bond acceptors (Lipinski definition) is 4. The number of halogens is 1. The van der Waals surface area contributed by atoms with Gasteiger partial charge >= 0.3 is 0 Å². The molecule has 16 heavy (non-hydrogen) atoms. The molecule has 1 aromatic rings. The zero-order valence-corrected chi connectivity index (χ0v) is 9.31. The van der Waals surface area contributed by atoms with Crippen LogP contribution in [0.25, 0.3) is 0 Å². The van der Waals surface area contributed by atoms with Gasteiger partial charge in [-0.3, -0.25) is 9.69 Å². The maximum Gasteiger partial charge on any atom is 0.235 e. The Kier molecular flexibility index (Phi) is 2.78. The van der Waals surface area contributed by atoms with Crippen molar-refractivity contribution in [1.29, 1.82) is 0 Å². The second-order valence-electron chi connectivity index (χ2n) is 3.62. The Balaban J connectivity index is 2.30. The molecule has 0 radical (unpaired) electrons. The molecular weight excluding hydrogens is 228 g/mol. The van der Waals surface area contributed by atoms with Gasteiger partial charge in [-0.1, -0.05) is 17.7 Å². The number of rotatable bonds is 2. The first-order valence-corrected chi connectivity index (χ1v) is 5.21. The number of carbonyl (C=O) groups excluding carboxylic acids is 1. The predicted molar refractivity (Wildman–Crippen MR) is 62.1 cm³/mol. The molecule has 0 aliphatic carbocycles. The third kappa shape index (κ3) is 1.99. The highest BCUT2D eigenvalue weighted by Crippen LogP contribution is 2.24. The van der Waals surface area contributed by atoms with E-state index >= 15 is 0 Å². The first kappa shape index (κ1) is 10.9. The molecule has 0 aromatic carbocycles. The Bertz CT molecular complexity index is 428. The molecule has 1 unspecified atom stereocenters. The van der Waals surface area contributed by atoms with E-state index in [1.54, 1.807) is 6.08 Å². The molecule has 1 amide bonds. The van der Waals surface area contributed by atoms with Crippen molar-refractivity contribution < 1.29 is 4.79 Å². The maximum atomic E-state index is 11.7. The molecule has 2 rings (SSSR count). The van der Waals surface area contributed by atoms with E-state index in [-0.39, 0.29) is 28.7 Å². The number of nitrogens with zero attached hydrogens (tertiary/aromatic N) is 3. The number of hydrogen-bond donors (Lipinski definition) is 1. The average molecular weight is 239 g/mol. The Hall–Kier alpha value is -1.62. The van der Waals surface area contributed by atoms with Gasteiger partial charge in [-0.15, -0.1) is 6.58 Å². The molecule has 1 saturated heterocycles. The molecule has 84 valence electrons. The van der Waals surface area contributed by atoms with Gasteiger partial charge in [-0.25, -0.2) is 4.98 Å². The summed E-state index contributed by atoms with van der Waals surface area (Å²) in [6.45, 7) is 4.20. The van der Waals surface area contributed by atoms with E-state index in [0.29, 0.717) is 13.0 Å². The van der Waals surface area contributed by atoms with Gasteiger partial charge in [0.15, 0.2) is 0 Å². The van der Waals surface area contributed by atoms with Crippen LogP contribution in [0, 0.1) is 5.92 Å². The van der Waals surface area contributed by atoms with Gasteiger partial charge in [0, 0.05) is 24.9 Å². The molecule has 1 aliphatic rings. The van der Waals surface area contributed by atoms with Crippen LogP contribution in [-0.4, -0.2) is 22.4 Å². The van der Waals surface area contributed by atoms with E-state index in [9.17, 15) is 4.79 Å². The van der Waals surface area contributed by atoms with Crippen molar-refractivity contribution in [1.82, 2.24) is 9.97 Å². The lowest BCUT2D eigenvalue weighted by atomic mass is 10.1. The van der Waals surface area contributed by atoms with Crippen molar-refractivity contribution in [2.75, 3.05) is 17.2 Å². The van der Waals surface area contributed by atoms with Crippen molar-refractivity contribution in [3.63, 3.8) is 0 Å². The standard InChI is InChI=1S/C10H11ClN4O/c1-2-6-3-9(16)15(5-6)10-13-7(11)4-8(12)14-10/h2,4,6H,1,3,5H2,(H2,12,13,14). The number of amides is 1. The van der Waals surface area contributed by atoms with Crippen LogP contribution in [0.2, 0.25) is 5.15 Å². The minimum absolute atomic E-state index is 0.0356. The van der Waals surface area contributed by atoms with Gasteiger partial charge in [0.2, 0.25) is 11.9 Å². The number of anilines is 2. The third-order valence-corrected chi connectivity index (χ3v) is 2.63. The van der Waals surface area contributed by atoms with Gasteiger partial charge in [0.05, 0.1) is 0 Å². The molecule has 0 spiro atoms. The molecule has 1 aliphatic heterocycles. The Morgan fingerprint density at radius 1 is 1.62 bits per heavy atom. The second-order valence-corrected chi connectivity index (χ2v) is 4.01. The van der Waals surface area contributed by atoms with Gasteiger partial charge in [-0.05, 0) is 0 Å². The van der Waals surface area contributed by atoms with Crippen LogP contribution >= 0.6 is 11.6 Å². The zero-order chi connectivity index (χ0) is 11.7. The van der Waals surface area contributed by atoms with E-state index in [2.05, 4.69) is 16.5 Å². The van der Waals surface area contributed by atoms with Crippen molar-refractivity contribution in [2.24, 2.45) is 5.92 Å². The number of nitrogens with two attached hydrogens (primary N) is 1. The molecule has 6 heteroatoms. The average Bonchev–Trinajstić information content (AvgIpc) is 2.58. The fraction of sp³-hybridized carbons (Fsp3) is 0.300. The maximum absolute atomic E-state index is 11.7. The Labute approximate surface area is 97.9 Å². The third-order valence-electron chi connectivity index (χ3n) is 2.43. The summed E-state index contributed by atoms with van der Waals surface area (Å²) in [6.07, 6.45) is 2.19. The van der Waals surface area contributed by atoms with Crippen molar-refractivity contribution in [2.45, 2.75) is 6.42 Å². The van der Waals surface area contributed by atoms with Crippen LogP contribution in [-0.2, 0) is 4.79 Å². The first-order chi connectivity index (χ1) is 7.60. The number of nitrogen functional groups attached to an aromatic ring is 1. The summed E-state index contributed by atoms with van der Waals surface area (Å²) in [5.41, 5.74) is 5.55. The summed E-state index contributed by atoms with van der Waals surface area (Å²) >= 11 is 5.76. The van der Waals surface area contributed by atoms with Gasteiger partial charge in [-0.2, -0.15) is 4.98 Å². The van der Waals surface area contributed by atoms with Crippen LogP contribution in [0.5, 0.6) is 0 Å². The monoisotopic (exact) mass is 238 g/mol. The molecule has 0 bridgehead atoms. The van der Waals surface area contributed by atoms with Crippen molar-refractivity contribution in [3.05, 3.63) is 23.9 Å². The van der Waals surface area contributed by atoms with Crippen LogP contribution in [0.15, 0.2) is 18.7 Å². The lowest BCUT2D eigenvalue weighted by Gasteiger charge is -2.13. The van der Waals surface area contributed by atoms with Crippen LogP contribution < -0.4 is 10.6 Å². The molecule has 1 aromatic heterocycles. The SMILES string of the molecule is C=CC1CC(=O)N(c2nc(N)cc(Cl)n2)C1. The van der Waals surface area contributed by atoms with E-state index in [0.717, 1.165) is 0 Å². The topological polar surface area (TPSA) is 72.1 Å². The first-order valence-electron chi connectivity index (χ1n) is 4.83. The Morgan fingerprint density at radius 2 is 2.38 bits per heavy atom. The highest BCUT2D eigenvalue weighted by Gasteiger charge is 2.30. The smallest absolute Gasteiger partial charge is 0.235 e. The van der Waals surface area contributed by atoms with Crippen LogP contribution in [0.4, 0.5) is 11.8 Å². The van der Waals surface area contributed by atoms with E-state index in [1.165, 1.54) is 11.0 Å². The summed E-state index contributed by atoms with van der Waals surface area (Å²) in [5.74, 6) is 0.618. The second kappa shape index (κ2) is 4.09. The normalized spacial score (nSPS) is 20.2. The fourth-order valence-corrected chi connectivity index (χ4v) is 1.82. The molecule has 1 atom stereocenters. The summed E-state index contributed by atoms with van der Waals surface area (Å²) in [4.78, 5) is 21.1. The van der Waals surface area contributed by atoms with Crippen LogP contribution in [0.3, 0.4) is 0 Å². The van der Waals surface area contributed by atoms with Crippen LogP contribution in [0.1, 0.15) is 6.42 Å². The van der Waals surface area contributed by atoms with Gasteiger partial charge in [0.1, 0.15) is 11.0 Å². The van der Waals surface area contributed by atoms with Gasteiger partial charge in [0.25, 0.3) is 0 Å². The lowest BCUT2D eigenvalue weighted by Crippen LogP contribution is -2.26. The zero-order valence-electron chi connectivity index (χ0n) is 8.56. The minimum atomic E-state index is -0.0356. The van der Waals surface area contributed by atoms with E-state index in [1.807, 2.05) is 0 Å². The quantitative estimate of drug-likeness (QED) is 0.622. The largest absolute Gasteiger partial charge is 0.383 e. The summed E-state index contributed by atoms with van der Waals surface area (Å²) < 4.78 is 0. The molecule has 2 heterocycles. The molecular formula is C10H11ClN4O. The molecule has 2 N–H and O–H groups in total. The predicted octanol–water partition coefficient (Wildman–Crippen LogP) is 1.25. The number of aromatic nitrogens is 2. The fourth-order valence-electron chi connectivity index (χ4n) is 1.63. The minimum Gasteiger partial charge on any atom is -0.383 e. The number of carbonyl (C=O) groups is 1. The summed E-state index contributed by atoms with van der Waals surface area (Å²) in [5, 5.41) is 0.234. The molecule has 0 saturated carbocycles. The molecule has 1 fully saturated rings. The summed E-state index contributed by atoms with van der Waals surface area (Å²) in [7, 11) is 0. The highest BCUT2D eigenvalue weighted by atomic mass is 35.5. The van der Waals surface area contributed by atoms with E-state index in [4.69, 9.17) is 17.3 Å². The summed E-state index contributed by atoms with van der Waals surface area (Å²) in [6, 6.07) is 1.44. The molecule has 5 nitrogen and oxygen atoms in total. The van der Waals surface area contributed by atoms with E-state index < -0.39 is 0 Å². The highest BCUT2D eigenvalue weighted by molar-refractivity contribution is 6.29.